The fraction of sp³-hybridized carbons (Fsp3) is 0.357. The van der Waals surface area contributed by atoms with Crippen LogP contribution in [-0.4, -0.2) is 40.4 Å². The molecule has 194 valence electrons. The molecule has 0 radical (unpaired) electrons. The Balaban J connectivity index is 1.59. The highest BCUT2D eigenvalue weighted by Gasteiger charge is 2.21. The molecule has 37 heavy (non-hydrogen) atoms. The smallest absolute Gasteiger partial charge is 0.415 e. The van der Waals surface area contributed by atoms with Crippen LogP contribution in [0.5, 0.6) is 0 Å². The Labute approximate surface area is 221 Å². The van der Waals surface area contributed by atoms with E-state index in [-0.39, 0.29) is 0 Å². The highest BCUT2D eigenvalue weighted by molar-refractivity contribution is 7.19. The van der Waals surface area contributed by atoms with E-state index in [1.807, 2.05) is 65.8 Å². The number of hydrogen-bond donors (Lipinski definition) is 1. The zero-order chi connectivity index (χ0) is 27.2. The van der Waals surface area contributed by atoms with Gasteiger partial charge in [-0.05, 0) is 83.5 Å². The summed E-state index contributed by atoms with van der Waals surface area (Å²) in [7, 11) is 1.61. The van der Waals surface area contributed by atoms with Crippen molar-refractivity contribution in [3.63, 3.8) is 0 Å². The van der Waals surface area contributed by atoms with Crippen molar-refractivity contribution in [2.45, 2.75) is 59.3 Å². The molecule has 0 fully saturated rings. The molecule has 0 bridgehead atoms. The number of carbonyl (C=O) groups is 2. The van der Waals surface area contributed by atoms with Crippen LogP contribution in [0.4, 0.5) is 15.4 Å². The standard InChI is InChI=1S/C28H32N4O4S/c1-27(2,3)35-25(33)30-18-20-12-14-21-22(16-20)37-24(31-21)11-9-8-10-19-13-15-23(29-17-19)32(7)26(34)36-28(4,5)6/h9,11-17H,18H2,1-7H3,(H,30,33)/b11-9+. The fourth-order valence-corrected chi connectivity index (χ4v) is 3.91. The number of nitrogens with zero attached hydrogens (tertiary/aromatic N) is 3. The lowest BCUT2D eigenvalue weighted by Gasteiger charge is -2.24. The van der Waals surface area contributed by atoms with Crippen molar-refractivity contribution in [3.05, 3.63) is 58.7 Å². The summed E-state index contributed by atoms with van der Waals surface area (Å²) >= 11 is 1.54. The average Bonchev–Trinajstić information content (AvgIpc) is 3.20. The zero-order valence-electron chi connectivity index (χ0n) is 22.2. The molecule has 0 saturated carbocycles. The third-order valence-corrected chi connectivity index (χ3v) is 5.57. The molecule has 0 saturated heterocycles. The van der Waals surface area contributed by atoms with Crippen LogP contribution in [0.15, 0.2) is 42.6 Å². The lowest BCUT2D eigenvalue weighted by atomic mass is 10.2. The Morgan fingerprint density at radius 3 is 2.46 bits per heavy atom. The van der Waals surface area contributed by atoms with Crippen molar-refractivity contribution in [1.82, 2.24) is 15.3 Å². The Morgan fingerprint density at radius 1 is 1.08 bits per heavy atom. The van der Waals surface area contributed by atoms with Gasteiger partial charge in [0.25, 0.3) is 0 Å². The molecule has 0 aliphatic heterocycles. The molecule has 1 N–H and O–H groups in total. The third-order valence-electron chi connectivity index (χ3n) is 4.59. The Morgan fingerprint density at radius 2 is 1.81 bits per heavy atom. The van der Waals surface area contributed by atoms with Gasteiger partial charge in [0, 0.05) is 25.4 Å². The van der Waals surface area contributed by atoms with E-state index < -0.39 is 23.4 Å². The van der Waals surface area contributed by atoms with Gasteiger partial charge in [0.2, 0.25) is 0 Å². The monoisotopic (exact) mass is 520 g/mol. The number of thiazole rings is 1. The highest BCUT2D eigenvalue weighted by Crippen LogP contribution is 2.24. The molecule has 3 aromatic rings. The van der Waals surface area contributed by atoms with Crippen molar-refractivity contribution in [2.24, 2.45) is 0 Å². The van der Waals surface area contributed by atoms with Gasteiger partial charge in [-0.3, -0.25) is 4.90 Å². The van der Waals surface area contributed by atoms with E-state index in [0.29, 0.717) is 12.4 Å². The van der Waals surface area contributed by atoms with E-state index in [0.717, 1.165) is 26.4 Å². The molecule has 2 amide bonds. The van der Waals surface area contributed by atoms with E-state index in [1.165, 1.54) is 4.90 Å². The Kier molecular flexibility index (Phi) is 8.56. The average molecular weight is 521 g/mol. The summed E-state index contributed by atoms with van der Waals surface area (Å²) in [5.41, 5.74) is 1.46. The van der Waals surface area contributed by atoms with Crippen LogP contribution in [-0.2, 0) is 16.0 Å². The minimum Gasteiger partial charge on any atom is -0.444 e. The maximum atomic E-state index is 12.2. The number of rotatable bonds is 4. The van der Waals surface area contributed by atoms with E-state index in [2.05, 4.69) is 27.1 Å². The van der Waals surface area contributed by atoms with Gasteiger partial charge in [-0.2, -0.15) is 0 Å². The molecule has 9 heteroatoms. The molecule has 2 aromatic heterocycles. The summed E-state index contributed by atoms with van der Waals surface area (Å²) in [6.45, 7) is 11.3. The predicted octanol–water partition coefficient (Wildman–Crippen LogP) is 6.15. The molecule has 0 aliphatic carbocycles. The summed E-state index contributed by atoms with van der Waals surface area (Å²) in [6, 6.07) is 9.40. The number of aromatic nitrogens is 2. The quantitative estimate of drug-likeness (QED) is 0.415. The van der Waals surface area contributed by atoms with Crippen molar-refractivity contribution in [3.8, 4) is 11.8 Å². The van der Waals surface area contributed by atoms with Gasteiger partial charge < -0.3 is 14.8 Å². The number of carbonyl (C=O) groups excluding carboxylic acids is 2. The first-order valence-electron chi connectivity index (χ1n) is 11.8. The van der Waals surface area contributed by atoms with E-state index in [9.17, 15) is 9.59 Å². The maximum Gasteiger partial charge on any atom is 0.415 e. The number of anilines is 1. The van der Waals surface area contributed by atoms with Crippen molar-refractivity contribution < 1.29 is 19.1 Å². The number of alkyl carbamates (subject to hydrolysis) is 1. The van der Waals surface area contributed by atoms with Crippen LogP contribution in [0.1, 0.15) is 57.7 Å². The second-order valence-corrected chi connectivity index (χ2v) is 11.3. The van der Waals surface area contributed by atoms with Crippen molar-refractivity contribution in [1.29, 1.82) is 0 Å². The number of hydrogen-bond acceptors (Lipinski definition) is 7. The number of ether oxygens (including phenoxy) is 2. The molecule has 2 heterocycles. The van der Waals surface area contributed by atoms with Crippen LogP contribution in [0, 0.1) is 11.8 Å². The third kappa shape index (κ3) is 8.92. The summed E-state index contributed by atoms with van der Waals surface area (Å²) in [5, 5.41) is 3.60. The van der Waals surface area contributed by atoms with Gasteiger partial charge >= 0.3 is 12.2 Å². The minimum atomic E-state index is -0.576. The summed E-state index contributed by atoms with van der Waals surface area (Å²) in [6.07, 6.45) is 4.29. The van der Waals surface area contributed by atoms with Crippen LogP contribution in [0.3, 0.4) is 0 Å². The lowest BCUT2D eigenvalue weighted by molar-refractivity contribution is 0.0521. The van der Waals surface area contributed by atoms with Crippen molar-refractivity contribution >= 4 is 45.6 Å². The number of allylic oxidation sites excluding steroid dienone is 1. The molecular weight excluding hydrogens is 488 g/mol. The molecule has 0 aliphatic rings. The van der Waals surface area contributed by atoms with Crippen LogP contribution in [0.25, 0.3) is 16.3 Å². The topological polar surface area (TPSA) is 93.7 Å². The van der Waals surface area contributed by atoms with Crippen molar-refractivity contribution in [2.75, 3.05) is 11.9 Å². The number of amides is 2. The van der Waals surface area contributed by atoms with E-state index in [1.54, 1.807) is 42.8 Å². The van der Waals surface area contributed by atoms with Gasteiger partial charge in [0.05, 0.1) is 10.2 Å². The maximum absolute atomic E-state index is 12.2. The summed E-state index contributed by atoms with van der Waals surface area (Å²) in [4.78, 5) is 34.3. The summed E-state index contributed by atoms with van der Waals surface area (Å²) in [5.74, 6) is 6.49. The van der Waals surface area contributed by atoms with Crippen LogP contribution in [0.2, 0.25) is 0 Å². The first-order valence-corrected chi connectivity index (χ1v) is 12.6. The molecular formula is C28H32N4O4S. The molecule has 1 aromatic carbocycles. The van der Waals surface area contributed by atoms with Gasteiger partial charge in [-0.15, -0.1) is 11.3 Å². The zero-order valence-corrected chi connectivity index (χ0v) is 23.0. The van der Waals surface area contributed by atoms with Crippen LogP contribution < -0.4 is 10.2 Å². The number of pyridine rings is 1. The fourth-order valence-electron chi connectivity index (χ4n) is 2.98. The Bertz CT molecular complexity index is 1350. The number of fused-ring (bicyclic) bond motifs is 1. The minimum absolute atomic E-state index is 0.375. The second kappa shape index (κ2) is 11.4. The van der Waals surface area contributed by atoms with E-state index >= 15 is 0 Å². The number of benzene rings is 1. The van der Waals surface area contributed by atoms with Gasteiger partial charge in [-0.25, -0.2) is 19.6 Å². The highest BCUT2D eigenvalue weighted by atomic mass is 32.1. The lowest BCUT2D eigenvalue weighted by Crippen LogP contribution is -2.34. The van der Waals surface area contributed by atoms with Gasteiger partial charge in [0.1, 0.15) is 22.0 Å². The van der Waals surface area contributed by atoms with Gasteiger partial charge in [-0.1, -0.05) is 17.9 Å². The predicted molar refractivity (Wildman–Crippen MR) is 147 cm³/mol. The Hall–Kier alpha value is -3.90. The SMILES string of the molecule is CN(C(=O)OC(C)(C)C)c1ccc(C#C/C=C/c2nc3ccc(CNC(=O)OC(C)(C)C)cc3s2)cn1. The summed E-state index contributed by atoms with van der Waals surface area (Å²) < 4.78 is 11.6. The molecule has 0 unspecified atom stereocenters. The second-order valence-electron chi connectivity index (χ2n) is 10.3. The molecule has 3 rings (SSSR count). The largest absolute Gasteiger partial charge is 0.444 e. The molecule has 0 atom stereocenters. The first kappa shape index (κ1) is 27.7. The first-order chi connectivity index (χ1) is 17.3. The number of nitrogens with one attached hydrogen (secondary N) is 1. The van der Waals surface area contributed by atoms with E-state index in [4.69, 9.17) is 9.47 Å². The molecule has 8 nitrogen and oxygen atoms in total. The van der Waals surface area contributed by atoms with Gasteiger partial charge in [0.15, 0.2) is 0 Å². The molecule has 0 spiro atoms. The normalized spacial score (nSPS) is 11.6. The van der Waals surface area contributed by atoms with Crippen LogP contribution >= 0.6 is 11.3 Å².